The Hall–Kier alpha value is -2.30. The molecule has 1 aliphatic carbocycles. The smallest absolute Gasteiger partial charge is 0.119 e. The number of nitrogens with zero attached hydrogens (tertiary/aromatic N) is 1. The van der Waals surface area contributed by atoms with Gasteiger partial charge in [-0.25, -0.2) is 0 Å². The molecule has 1 aliphatic heterocycles. The lowest BCUT2D eigenvalue weighted by atomic mass is 9.96. The molecular formula is C25H32N2O2. The van der Waals surface area contributed by atoms with Crippen molar-refractivity contribution in [3.05, 3.63) is 77.0 Å². The van der Waals surface area contributed by atoms with Crippen molar-refractivity contribution >= 4 is 0 Å². The van der Waals surface area contributed by atoms with E-state index in [1.54, 1.807) is 7.11 Å². The third-order valence-corrected chi connectivity index (χ3v) is 5.77. The van der Waals surface area contributed by atoms with Crippen molar-refractivity contribution in [1.29, 1.82) is 0 Å². The molecule has 1 heterocycles. The molecule has 1 saturated carbocycles. The van der Waals surface area contributed by atoms with Gasteiger partial charge < -0.3 is 14.8 Å². The van der Waals surface area contributed by atoms with Crippen LogP contribution in [0.4, 0.5) is 0 Å². The molecular weight excluding hydrogens is 360 g/mol. The summed E-state index contributed by atoms with van der Waals surface area (Å²) in [5, 5.41) is 3.28. The van der Waals surface area contributed by atoms with Crippen molar-refractivity contribution in [2.75, 3.05) is 20.3 Å². The molecule has 0 aromatic heterocycles. The zero-order valence-electron chi connectivity index (χ0n) is 17.6. The zero-order valence-corrected chi connectivity index (χ0v) is 17.6. The first-order chi connectivity index (χ1) is 14.1. The molecule has 2 aliphatic rings. The van der Waals surface area contributed by atoms with Crippen molar-refractivity contribution < 1.29 is 9.47 Å². The summed E-state index contributed by atoms with van der Waals surface area (Å²) >= 11 is 0. The van der Waals surface area contributed by atoms with Crippen LogP contribution in [0.25, 0.3) is 0 Å². The Balaban J connectivity index is 1.39. The van der Waals surface area contributed by atoms with Crippen molar-refractivity contribution in [1.82, 2.24) is 10.2 Å². The van der Waals surface area contributed by atoms with Gasteiger partial charge in [-0.2, -0.15) is 0 Å². The molecule has 1 unspecified atom stereocenters. The van der Waals surface area contributed by atoms with Crippen LogP contribution in [0.2, 0.25) is 0 Å². The maximum absolute atomic E-state index is 5.98. The quantitative estimate of drug-likeness (QED) is 0.664. The largest absolute Gasteiger partial charge is 0.493 e. The standard InChI is InChI=1S/C25H32N2O2/c1-18(2)26-13-19-4-6-20(7-5-19)14-27-15-22-10-11-23(29-17-21-8-9-21)12-24(22)25(16-27)28-3/h4-7,10-12,21,25-26H,1,8-9,13-17H2,2-3H3. The monoisotopic (exact) mass is 392 g/mol. The molecule has 4 heteroatoms. The molecule has 0 spiro atoms. The van der Waals surface area contributed by atoms with Gasteiger partial charge in [0.15, 0.2) is 0 Å². The topological polar surface area (TPSA) is 33.7 Å². The molecule has 2 aromatic rings. The lowest BCUT2D eigenvalue weighted by Crippen LogP contribution is -2.34. The van der Waals surface area contributed by atoms with Gasteiger partial charge in [0.1, 0.15) is 5.75 Å². The number of benzene rings is 2. The van der Waals surface area contributed by atoms with Crippen LogP contribution in [0.3, 0.4) is 0 Å². The number of methoxy groups -OCH3 is 1. The van der Waals surface area contributed by atoms with Gasteiger partial charge in [0, 0.05) is 39.0 Å². The van der Waals surface area contributed by atoms with Gasteiger partial charge in [-0.3, -0.25) is 4.90 Å². The summed E-state index contributed by atoms with van der Waals surface area (Å²) in [5.41, 5.74) is 6.20. The summed E-state index contributed by atoms with van der Waals surface area (Å²) in [6.45, 7) is 10.3. The van der Waals surface area contributed by atoms with Gasteiger partial charge in [0.2, 0.25) is 0 Å². The van der Waals surface area contributed by atoms with E-state index in [4.69, 9.17) is 9.47 Å². The van der Waals surface area contributed by atoms with Crippen LogP contribution in [-0.2, 0) is 24.4 Å². The van der Waals surface area contributed by atoms with E-state index in [-0.39, 0.29) is 6.10 Å². The molecule has 29 heavy (non-hydrogen) atoms. The van der Waals surface area contributed by atoms with E-state index in [1.165, 1.54) is 35.1 Å². The Morgan fingerprint density at radius 1 is 1.14 bits per heavy atom. The maximum atomic E-state index is 5.98. The second kappa shape index (κ2) is 9.02. The highest BCUT2D eigenvalue weighted by Gasteiger charge is 2.26. The van der Waals surface area contributed by atoms with Crippen LogP contribution in [-0.4, -0.2) is 25.2 Å². The fourth-order valence-corrected chi connectivity index (χ4v) is 3.84. The molecule has 154 valence electrons. The molecule has 1 N–H and O–H groups in total. The van der Waals surface area contributed by atoms with Crippen LogP contribution in [0.1, 0.15) is 48.1 Å². The maximum Gasteiger partial charge on any atom is 0.119 e. The number of nitrogens with one attached hydrogen (secondary N) is 1. The third kappa shape index (κ3) is 5.40. The van der Waals surface area contributed by atoms with E-state index in [9.17, 15) is 0 Å². The molecule has 1 fully saturated rings. The van der Waals surface area contributed by atoms with Crippen LogP contribution >= 0.6 is 0 Å². The molecule has 0 radical (unpaired) electrons. The minimum absolute atomic E-state index is 0.0854. The summed E-state index contributed by atoms with van der Waals surface area (Å²) in [5.74, 6) is 1.74. The molecule has 0 amide bonds. The van der Waals surface area contributed by atoms with E-state index >= 15 is 0 Å². The average molecular weight is 393 g/mol. The van der Waals surface area contributed by atoms with E-state index in [1.807, 2.05) is 6.92 Å². The summed E-state index contributed by atoms with van der Waals surface area (Å²) in [6, 6.07) is 15.3. The summed E-state index contributed by atoms with van der Waals surface area (Å²) in [7, 11) is 1.80. The average Bonchev–Trinajstić information content (AvgIpc) is 3.55. The van der Waals surface area contributed by atoms with Gasteiger partial charge in [0.25, 0.3) is 0 Å². The molecule has 4 nitrogen and oxygen atoms in total. The van der Waals surface area contributed by atoms with Gasteiger partial charge in [-0.05, 0) is 60.1 Å². The highest BCUT2D eigenvalue weighted by atomic mass is 16.5. The summed E-state index contributed by atoms with van der Waals surface area (Å²) in [6.07, 6.45) is 2.71. The molecule has 2 aromatic carbocycles. The third-order valence-electron chi connectivity index (χ3n) is 5.77. The van der Waals surface area contributed by atoms with Gasteiger partial charge in [-0.1, -0.05) is 36.9 Å². The Bertz CT molecular complexity index is 842. The van der Waals surface area contributed by atoms with E-state index in [0.717, 1.165) is 50.2 Å². The van der Waals surface area contributed by atoms with Crippen molar-refractivity contribution in [3.63, 3.8) is 0 Å². The normalized spacial score (nSPS) is 18.9. The number of rotatable bonds is 9. The Morgan fingerprint density at radius 2 is 1.90 bits per heavy atom. The lowest BCUT2D eigenvalue weighted by molar-refractivity contribution is 0.0449. The second-order valence-electron chi connectivity index (χ2n) is 8.46. The fourth-order valence-electron chi connectivity index (χ4n) is 3.84. The number of hydrogen-bond acceptors (Lipinski definition) is 4. The highest BCUT2D eigenvalue weighted by molar-refractivity contribution is 5.39. The molecule has 0 saturated heterocycles. The first-order valence-electron chi connectivity index (χ1n) is 10.6. The van der Waals surface area contributed by atoms with E-state index in [0.29, 0.717) is 0 Å². The number of hydrogen-bond donors (Lipinski definition) is 1. The van der Waals surface area contributed by atoms with E-state index in [2.05, 4.69) is 59.3 Å². The predicted molar refractivity (Wildman–Crippen MR) is 117 cm³/mol. The second-order valence-corrected chi connectivity index (χ2v) is 8.46. The first-order valence-corrected chi connectivity index (χ1v) is 10.6. The van der Waals surface area contributed by atoms with Gasteiger partial charge >= 0.3 is 0 Å². The fraction of sp³-hybridized carbons (Fsp3) is 0.440. The Kier molecular flexibility index (Phi) is 6.22. The van der Waals surface area contributed by atoms with Crippen molar-refractivity contribution in [2.45, 2.75) is 45.5 Å². The van der Waals surface area contributed by atoms with Crippen molar-refractivity contribution in [3.8, 4) is 5.75 Å². The highest BCUT2D eigenvalue weighted by Crippen LogP contribution is 2.34. The van der Waals surface area contributed by atoms with Crippen LogP contribution < -0.4 is 10.1 Å². The van der Waals surface area contributed by atoms with Crippen LogP contribution in [0, 0.1) is 5.92 Å². The Labute approximate surface area is 174 Å². The minimum Gasteiger partial charge on any atom is -0.493 e. The minimum atomic E-state index is 0.0854. The molecule has 1 atom stereocenters. The lowest BCUT2D eigenvalue weighted by Gasteiger charge is -2.34. The first kappa shape index (κ1) is 20.0. The Morgan fingerprint density at radius 3 is 2.59 bits per heavy atom. The summed E-state index contributed by atoms with van der Waals surface area (Å²) < 4.78 is 11.8. The zero-order chi connectivity index (χ0) is 20.2. The van der Waals surface area contributed by atoms with Crippen LogP contribution in [0.15, 0.2) is 54.7 Å². The molecule has 0 bridgehead atoms. The summed E-state index contributed by atoms with van der Waals surface area (Å²) in [4.78, 5) is 2.46. The number of allylic oxidation sites excluding steroid dienone is 1. The van der Waals surface area contributed by atoms with E-state index < -0.39 is 0 Å². The number of fused-ring (bicyclic) bond motifs is 1. The molecule has 4 rings (SSSR count). The SMILES string of the molecule is C=C(C)NCc1ccc(CN2Cc3ccc(OCC4CC4)cc3C(OC)C2)cc1. The van der Waals surface area contributed by atoms with Gasteiger partial charge in [0.05, 0.1) is 12.7 Å². The van der Waals surface area contributed by atoms with Crippen LogP contribution in [0.5, 0.6) is 5.75 Å². The van der Waals surface area contributed by atoms with Gasteiger partial charge in [-0.15, -0.1) is 0 Å². The predicted octanol–water partition coefficient (Wildman–Crippen LogP) is 4.80. The van der Waals surface area contributed by atoms with Crippen molar-refractivity contribution in [2.24, 2.45) is 5.92 Å². The number of ether oxygens (including phenoxy) is 2.